The summed E-state index contributed by atoms with van der Waals surface area (Å²) in [6.07, 6.45) is 4.28. The van der Waals surface area contributed by atoms with Crippen LogP contribution < -0.4 is 5.32 Å². The largest absolute Gasteiger partial charge is 0.306 e. The summed E-state index contributed by atoms with van der Waals surface area (Å²) in [6, 6.07) is 7.55. The van der Waals surface area contributed by atoms with E-state index < -0.39 is 0 Å². The summed E-state index contributed by atoms with van der Waals surface area (Å²) in [6.45, 7) is 3.27. The SMILES string of the molecule is Cc1ccc2c(c1)C(C1CCC1)NC2. The Hall–Kier alpha value is -0.820. The summed E-state index contributed by atoms with van der Waals surface area (Å²) in [7, 11) is 0. The zero-order valence-corrected chi connectivity index (χ0v) is 8.72. The van der Waals surface area contributed by atoms with Crippen molar-refractivity contribution in [2.45, 2.75) is 38.8 Å². The van der Waals surface area contributed by atoms with Crippen molar-refractivity contribution in [2.24, 2.45) is 5.92 Å². The normalized spacial score (nSPS) is 25.9. The van der Waals surface area contributed by atoms with Crippen molar-refractivity contribution in [3.63, 3.8) is 0 Å². The zero-order chi connectivity index (χ0) is 9.54. The molecule has 0 spiro atoms. The predicted molar refractivity (Wildman–Crippen MR) is 58.1 cm³/mol. The fourth-order valence-corrected chi connectivity index (χ4v) is 2.69. The van der Waals surface area contributed by atoms with E-state index in [4.69, 9.17) is 0 Å². The average Bonchev–Trinajstić information content (AvgIpc) is 2.46. The number of hydrogen-bond acceptors (Lipinski definition) is 1. The lowest BCUT2D eigenvalue weighted by Gasteiger charge is -2.32. The van der Waals surface area contributed by atoms with Gasteiger partial charge >= 0.3 is 0 Å². The topological polar surface area (TPSA) is 12.0 Å². The first-order valence-electron chi connectivity index (χ1n) is 5.67. The number of hydrogen-bond donors (Lipinski definition) is 1. The van der Waals surface area contributed by atoms with Crippen molar-refractivity contribution in [2.75, 3.05) is 0 Å². The first-order valence-corrected chi connectivity index (χ1v) is 5.67. The molecule has 2 aliphatic rings. The molecule has 1 saturated carbocycles. The molecule has 14 heavy (non-hydrogen) atoms. The van der Waals surface area contributed by atoms with Crippen molar-refractivity contribution < 1.29 is 0 Å². The van der Waals surface area contributed by atoms with Crippen molar-refractivity contribution in [1.82, 2.24) is 5.32 Å². The molecule has 1 atom stereocenters. The molecule has 0 radical (unpaired) electrons. The predicted octanol–water partition coefficient (Wildman–Crippen LogP) is 2.94. The van der Waals surface area contributed by atoms with Crippen molar-refractivity contribution in [1.29, 1.82) is 0 Å². The van der Waals surface area contributed by atoms with Crippen LogP contribution in [0.3, 0.4) is 0 Å². The van der Waals surface area contributed by atoms with Crippen LogP contribution in [-0.2, 0) is 6.54 Å². The molecule has 0 amide bonds. The molecule has 1 aliphatic heterocycles. The van der Waals surface area contributed by atoms with Gasteiger partial charge in [0.05, 0.1) is 0 Å². The van der Waals surface area contributed by atoms with Crippen LogP contribution in [0.2, 0.25) is 0 Å². The Morgan fingerprint density at radius 1 is 1.29 bits per heavy atom. The van der Waals surface area contributed by atoms with Gasteiger partial charge in [-0.05, 0) is 36.8 Å². The molecule has 1 heteroatoms. The van der Waals surface area contributed by atoms with E-state index in [0.29, 0.717) is 6.04 Å². The lowest BCUT2D eigenvalue weighted by Crippen LogP contribution is -2.27. The van der Waals surface area contributed by atoms with Gasteiger partial charge in [0.2, 0.25) is 0 Å². The third-order valence-corrected chi connectivity index (χ3v) is 3.77. The van der Waals surface area contributed by atoms with Crippen LogP contribution in [0.25, 0.3) is 0 Å². The molecule has 0 aromatic heterocycles. The standard InChI is InChI=1S/C13H17N/c1-9-5-6-11-8-14-13(12(11)7-9)10-3-2-4-10/h5-7,10,13-14H,2-4,8H2,1H3. The lowest BCUT2D eigenvalue weighted by atomic mass is 9.77. The van der Waals surface area contributed by atoms with Crippen LogP contribution in [0.15, 0.2) is 18.2 Å². The summed E-state index contributed by atoms with van der Waals surface area (Å²) < 4.78 is 0. The van der Waals surface area contributed by atoms with Gasteiger partial charge in [-0.1, -0.05) is 30.2 Å². The highest BCUT2D eigenvalue weighted by atomic mass is 14.9. The van der Waals surface area contributed by atoms with Crippen LogP contribution >= 0.6 is 0 Å². The minimum atomic E-state index is 0.665. The second-order valence-electron chi connectivity index (χ2n) is 4.75. The molecular formula is C13H17N. The molecule has 74 valence electrons. The third-order valence-electron chi connectivity index (χ3n) is 3.77. The monoisotopic (exact) mass is 187 g/mol. The molecular weight excluding hydrogens is 170 g/mol. The first-order chi connectivity index (χ1) is 6.84. The van der Waals surface area contributed by atoms with Gasteiger partial charge in [-0.15, -0.1) is 0 Å². The van der Waals surface area contributed by atoms with E-state index >= 15 is 0 Å². The van der Waals surface area contributed by atoms with E-state index in [1.54, 1.807) is 5.56 Å². The Labute approximate surface area is 85.5 Å². The maximum Gasteiger partial charge on any atom is 0.0354 e. The Morgan fingerprint density at radius 2 is 2.14 bits per heavy atom. The van der Waals surface area contributed by atoms with Gasteiger partial charge in [0.25, 0.3) is 0 Å². The van der Waals surface area contributed by atoms with Crippen LogP contribution in [0.5, 0.6) is 0 Å². The second kappa shape index (κ2) is 3.09. The van der Waals surface area contributed by atoms with Crippen LogP contribution in [0.1, 0.15) is 42.0 Å². The van der Waals surface area contributed by atoms with Crippen LogP contribution in [-0.4, -0.2) is 0 Å². The Kier molecular flexibility index (Phi) is 1.88. The van der Waals surface area contributed by atoms with Crippen LogP contribution in [0.4, 0.5) is 0 Å². The highest BCUT2D eigenvalue weighted by molar-refractivity contribution is 5.37. The molecule has 0 bridgehead atoms. The van der Waals surface area contributed by atoms with E-state index in [1.807, 2.05) is 0 Å². The van der Waals surface area contributed by atoms with E-state index in [0.717, 1.165) is 12.5 Å². The molecule has 1 heterocycles. The molecule has 3 rings (SSSR count). The minimum Gasteiger partial charge on any atom is -0.306 e. The smallest absolute Gasteiger partial charge is 0.0354 e. The number of fused-ring (bicyclic) bond motifs is 1. The van der Waals surface area contributed by atoms with Gasteiger partial charge in [-0.3, -0.25) is 0 Å². The Morgan fingerprint density at radius 3 is 2.86 bits per heavy atom. The van der Waals surface area contributed by atoms with Gasteiger partial charge in [0.1, 0.15) is 0 Å². The fourth-order valence-electron chi connectivity index (χ4n) is 2.69. The Balaban J connectivity index is 1.95. The highest BCUT2D eigenvalue weighted by Crippen LogP contribution is 2.41. The van der Waals surface area contributed by atoms with Crippen LogP contribution in [0, 0.1) is 12.8 Å². The quantitative estimate of drug-likeness (QED) is 0.712. The van der Waals surface area contributed by atoms with Gasteiger partial charge in [0, 0.05) is 12.6 Å². The summed E-state index contributed by atoms with van der Waals surface area (Å²) in [5.74, 6) is 0.915. The number of nitrogens with one attached hydrogen (secondary N) is 1. The molecule has 1 aromatic rings. The third kappa shape index (κ3) is 1.19. The maximum absolute atomic E-state index is 3.65. The minimum absolute atomic E-state index is 0.665. The first kappa shape index (κ1) is 8.49. The Bertz CT molecular complexity index is 352. The highest BCUT2D eigenvalue weighted by Gasteiger charge is 2.32. The van der Waals surface area contributed by atoms with E-state index in [1.165, 1.54) is 30.4 Å². The summed E-state index contributed by atoms with van der Waals surface area (Å²) in [5.41, 5.74) is 4.50. The fraction of sp³-hybridized carbons (Fsp3) is 0.538. The molecule has 1 unspecified atom stereocenters. The van der Waals surface area contributed by atoms with Crippen molar-refractivity contribution in [3.8, 4) is 0 Å². The second-order valence-corrected chi connectivity index (χ2v) is 4.75. The molecule has 1 aliphatic carbocycles. The van der Waals surface area contributed by atoms with Gasteiger partial charge < -0.3 is 5.32 Å². The van der Waals surface area contributed by atoms with Crippen molar-refractivity contribution in [3.05, 3.63) is 34.9 Å². The molecule has 1 N–H and O–H groups in total. The van der Waals surface area contributed by atoms with E-state index in [2.05, 4.69) is 30.4 Å². The molecule has 1 aromatic carbocycles. The van der Waals surface area contributed by atoms with Crippen molar-refractivity contribution >= 4 is 0 Å². The summed E-state index contributed by atoms with van der Waals surface area (Å²) in [5, 5.41) is 3.65. The number of benzene rings is 1. The summed E-state index contributed by atoms with van der Waals surface area (Å²) in [4.78, 5) is 0. The van der Waals surface area contributed by atoms with Gasteiger partial charge in [-0.25, -0.2) is 0 Å². The average molecular weight is 187 g/mol. The van der Waals surface area contributed by atoms with Gasteiger partial charge in [-0.2, -0.15) is 0 Å². The van der Waals surface area contributed by atoms with Gasteiger partial charge in [0.15, 0.2) is 0 Å². The summed E-state index contributed by atoms with van der Waals surface area (Å²) >= 11 is 0. The zero-order valence-electron chi connectivity index (χ0n) is 8.72. The maximum atomic E-state index is 3.65. The molecule has 0 saturated heterocycles. The lowest BCUT2D eigenvalue weighted by molar-refractivity contribution is 0.240. The number of rotatable bonds is 1. The molecule has 1 fully saturated rings. The van der Waals surface area contributed by atoms with E-state index in [9.17, 15) is 0 Å². The number of aryl methyl sites for hydroxylation is 1. The van der Waals surface area contributed by atoms with E-state index in [-0.39, 0.29) is 0 Å². The molecule has 1 nitrogen and oxygen atoms in total.